The number of carbonyl (C=O) groups excluding carboxylic acids is 1. The van der Waals surface area contributed by atoms with E-state index in [4.69, 9.17) is 9.84 Å². The summed E-state index contributed by atoms with van der Waals surface area (Å²) in [5.41, 5.74) is -0.248. The molecule has 2 aromatic rings. The van der Waals surface area contributed by atoms with E-state index in [1.54, 1.807) is 0 Å². The zero-order chi connectivity index (χ0) is 26.2. The Labute approximate surface area is 213 Å². The number of halogens is 3. The maximum absolute atomic E-state index is 13.0. The van der Waals surface area contributed by atoms with Gasteiger partial charge in [0.05, 0.1) is 11.1 Å². The van der Waals surface area contributed by atoms with Crippen molar-refractivity contribution in [3.05, 3.63) is 65.2 Å². The molecule has 1 unspecified atom stereocenters. The monoisotopic (exact) mass is 516 g/mol. The van der Waals surface area contributed by atoms with Gasteiger partial charge in [-0.2, -0.15) is 13.2 Å². The molecule has 9 heteroatoms. The summed E-state index contributed by atoms with van der Waals surface area (Å²) < 4.78 is 45.1. The maximum atomic E-state index is 13.0. The number of alkyl halides is 3. The molecular formula is C28H31F3N2O4. The van der Waals surface area contributed by atoms with Gasteiger partial charge in [0.2, 0.25) is 0 Å². The van der Waals surface area contributed by atoms with Gasteiger partial charge in [-0.25, -0.2) is 9.59 Å². The Morgan fingerprint density at radius 2 is 1.51 bits per heavy atom. The largest absolute Gasteiger partial charge is 0.486 e. The highest BCUT2D eigenvalue weighted by Crippen LogP contribution is 2.55. The van der Waals surface area contributed by atoms with E-state index in [9.17, 15) is 22.8 Å². The normalized spacial score (nSPS) is 26.9. The first-order valence-electron chi connectivity index (χ1n) is 12.8. The Hall–Kier alpha value is -3.23. The number of rotatable bonds is 8. The first-order valence-corrected chi connectivity index (χ1v) is 12.8. The predicted octanol–water partition coefficient (Wildman–Crippen LogP) is 6.18. The fourth-order valence-corrected chi connectivity index (χ4v) is 6.89. The lowest BCUT2D eigenvalue weighted by Gasteiger charge is -2.56. The molecule has 0 aliphatic heterocycles. The third kappa shape index (κ3) is 5.86. The molecular weight excluding hydrogens is 485 g/mol. The third-order valence-corrected chi connectivity index (χ3v) is 8.10. The third-order valence-electron chi connectivity index (χ3n) is 8.10. The SMILES string of the molecule is O=C(NCCC(Oc1ccc(C(=O)O)cc1)c1ccc(C(F)(F)F)cc1)NC12CC3CC(CC(C3)C1)C2. The van der Waals surface area contributed by atoms with Gasteiger partial charge < -0.3 is 20.5 Å². The van der Waals surface area contributed by atoms with Crippen LogP contribution in [0.4, 0.5) is 18.0 Å². The number of urea groups is 1. The number of aromatic carboxylic acids is 1. The number of carboxylic acids is 1. The van der Waals surface area contributed by atoms with Gasteiger partial charge in [0.1, 0.15) is 11.9 Å². The Bertz CT molecular complexity index is 1100. The number of ether oxygens (including phenoxy) is 1. The van der Waals surface area contributed by atoms with Crippen LogP contribution in [0.5, 0.6) is 5.75 Å². The summed E-state index contributed by atoms with van der Waals surface area (Å²) in [5.74, 6) is 1.43. The second kappa shape index (κ2) is 9.91. The summed E-state index contributed by atoms with van der Waals surface area (Å²) in [4.78, 5) is 23.9. The fourth-order valence-electron chi connectivity index (χ4n) is 6.89. The van der Waals surface area contributed by atoms with Gasteiger partial charge in [-0.05, 0) is 98.2 Å². The van der Waals surface area contributed by atoms with Crippen molar-refractivity contribution in [2.45, 2.75) is 62.8 Å². The predicted molar refractivity (Wildman–Crippen MR) is 130 cm³/mol. The van der Waals surface area contributed by atoms with Gasteiger partial charge in [-0.3, -0.25) is 0 Å². The molecule has 6 rings (SSSR count). The number of carbonyl (C=O) groups is 2. The lowest BCUT2D eigenvalue weighted by atomic mass is 9.53. The standard InChI is InChI=1S/C28H31F3N2O4/c29-28(30,31)22-5-1-20(2-6-22)24(37-23-7-3-21(4-8-23)25(34)35)9-10-32-26(36)33-27-14-17-11-18(15-27)13-19(12-17)16-27/h1-8,17-19,24H,9-16H2,(H,34,35)(H2,32,33,36). The molecule has 37 heavy (non-hydrogen) atoms. The number of benzene rings is 2. The second-order valence-corrected chi connectivity index (χ2v) is 10.9. The minimum atomic E-state index is -4.45. The van der Waals surface area contributed by atoms with Crippen LogP contribution in [0.15, 0.2) is 48.5 Å². The topological polar surface area (TPSA) is 87.7 Å². The molecule has 0 heterocycles. The molecule has 0 aromatic heterocycles. The van der Waals surface area contributed by atoms with Gasteiger partial charge in [0.15, 0.2) is 0 Å². The van der Waals surface area contributed by atoms with Crippen LogP contribution in [-0.2, 0) is 6.18 Å². The first-order chi connectivity index (χ1) is 17.6. The Morgan fingerprint density at radius 1 is 0.946 bits per heavy atom. The van der Waals surface area contributed by atoms with E-state index in [1.807, 2.05) is 0 Å². The summed E-state index contributed by atoms with van der Waals surface area (Å²) in [6.45, 7) is 0.261. The summed E-state index contributed by atoms with van der Waals surface area (Å²) >= 11 is 0. The number of nitrogens with one attached hydrogen (secondary N) is 2. The first kappa shape index (κ1) is 25.4. The van der Waals surface area contributed by atoms with Crippen LogP contribution in [0.2, 0.25) is 0 Å². The van der Waals surface area contributed by atoms with Gasteiger partial charge in [0.25, 0.3) is 0 Å². The molecule has 0 saturated heterocycles. The van der Waals surface area contributed by atoms with E-state index in [1.165, 1.54) is 55.7 Å². The van der Waals surface area contributed by atoms with Gasteiger partial charge in [-0.1, -0.05) is 12.1 Å². The van der Waals surface area contributed by atoms with E-state index < -0.39 is 23.8 Å². The summed E-state index contributed by atoms with van der Waals surface area (Å²) in [5, 5.41) is 15.3. The molecule has 2 aromatic carbocycles. The van der Waals surface area contributed by atoms with Crippen molar-refractivity contribution in [1.29, 1.82) is 0 Å². The highest BCUT2D eigenvalue weighted by molar-refractivity contribution is 5.87. The Balaban J connectivity index is 1.23. The van der Waals surface area contributed by atoms with E-state index in [2.05, 4.69) is 10.6 Å². The van der Waals surface area contributed by atoms with Gasteiger partial charge in [-0.15, -0.1) is 0 Å². The van der Waals surface area contributed by atoms with E-state index >= 15 is 0 Å². The number of carboxylic acid groups (broad SMARTS) is 1. The molecule has 4 aliphatic carbocycles. The molecule has 2 amide bonds. The van der Waals surface area contributed by atoms with Gasteiger partial charge >= 0.3 is 18.2 Å². The van der Waals surface area contributed by atoms with Crippen LogP contribution in [0.3, 0.4) is 0 Å². The quantitative estimate of drug-likeness (QED) is 0.391. The van der Waals surface area contributed by atoms with Crippen LogP contribution < -0.4 is 15.4 Å². The van der Waals surface area contributed by atoms with Crippen LogP contribution in [0.25, 0.3) is 0 Å². The summed E-state index contributed by atoms with van der Waals surface area (Å²) in [6, 6.07) is 10.3. The number of hydrogen-bond donors (Lipinski definition) is 3. The molecule has 6 nitrogen and oxygen atoms in total. The molecule has 0 radical (unpaired) electrons. The fraction of sp³-hybridized carbons (Fsp3) is 0.500. The van der Waals surface area contributed by atoms with Crippen LogP contribution in [0.1, 0.15) is 72.5 Å². The number of hydrogen-bond acceptors (Lipinski definition) is 3. The molecule has 3 N–H and O–H groups in total. The summed E-state index contributed by atoms with van der Waals surface area (Å²) in [7, 11) is 0. The van der Waals surface area contributed by atoms with Crippen LogP contribution >= 0.6 is 0 Å². The zero-order valence-electron chi connectivity index (χ0n) is 20.4. The van der Waals surface area contributed by atoms with Crippen molar-refractivity contribution in [2.24, 2.45) is 17.8 Å². The zero-order valence-corrected chi connectivity index (χ0v) is 20.4. The van der Waals surface area contributed by atoms with Crippen molar-refractivity contribution in [3.63, 3.8) is 0 Å². The average molecular weight is 517 g/mol. The molecule has 4 aliphatic rings. The number of amides is 2. The molecule has 4 fully saturated rings. The van der Waals surface area contributed by atoms with Crippen molar-refractivity contribution in [2.75, 3.05) is 6.54 Å². The van der Waals surface area contributed by atoms with Crippen molar-refractivity contribution in [1.82, 2.24) is 10.6 Å². The van der Waals surface area contributed by atoms with Crippen molar-refractivity contribution >= 4 is 12.0 Å². The molecule has 4 saturated carbocycles. The van der Waals surface area contributed by atoms with E-state index in [0.717, 1.165) is 31.4 Å². The molecule has 4 bridgehead atoms. The Kier molecular flexibility index (Phi) is 6.81. The van der Waals surface area contributed by atoms with Crippen LogP contribution in [-0.4, -0.2) is 29.2 Å². The Morgan fingerprint density at radius 3 is 2.03 bits per heavy atom. The summed E-state index contributed by atoms with van der Waals surface area (Å²) in [6.07, 6.45) is 2.19. The smallest absolute Gasteiger partial charge is 0.416 e. The highest BCUT2D eigenvalue weighted by Gasteiger charge is 2.51. The lowest BCUT2D eigenvalue weighted by Crippen LogP contribution is -2.61. The highest BCUT2D eigenvalue weighted by atomic mass is 19.4. The average Bonchev–Trinajstić information content (AvgIpc) is 2.82. The molecule has 0 spiro atoms. The van der Waals surface area contributed by atoms with Gasteiger partial charge in [0, 0.05) is 18.5 Å². The van der Waals surface area contributed by atoms with Crippen molar-refractivity contribution < 1.29 is 32.6 Å². The second-order valence-electron chi connectivity index (χ2n) is 10.9. The maximum Gasteiger partial charge on any atom is 0.416 e. The van der Waals surface area contributed by atoms with Crippen molar-refractivity contribution in [3.8, 4) is 5.75 Å². The molecule has 1 atom stereocenters. The van der Waals surface area contributed by atoms with E-state index in [0.29, 0.717) is 35.5 Å². The minimum absolute atomic E-state index is 0.0986. The van der Waals surface area contributed by atoms with E-state index in [-0.39, 0.29) is 23.7 Å². The minimum Gasteiger partial charge on any atom is -0.486 e. The van der Waals surface area contributed by atoms with Crippen LogP contribution in [0, 0.1) is 17.8 Å². The lowest BCUT2D eigenvalue weighted by molar-refractivity contribution is -0.137. The molecule has 198 valence electrons.